The average molecular weight is 273 g/mol. The fourth-order valence-electron chi connectivity index (χ4n) is 2.51. The van der Waals surface area contributed by atoms with Gasteiger partial charge >= 0.3 is 0 Å². The molecule has 6 heteroatoms. The maximum absolute atomic E-state index is 10.1. The molecule has 5 nitrogen and oxygen atoms in total. The van der Waals surface area contributed by atoms with E-state index in [4.69, 9.17) is 11.6 Å². The lowest BCUT2D eigenvalue weighted by molar-refractivity contribution is 0.00121. The van der Waals surface area contributed by atoms with Crippen molar-refractivity contribution in [2.75, 3.05) is 27.2 Å². The Kier molecular flexibility index (Phi) is 4.27. The van der Waals surface area contributed by atoms with E-state index in [-0.39, 0.29) is 12.1 Å². The van der Waals surface area contributed by atoms with Crippen molar-refractivity contribution in [2.24, 2.45) is 0 Å². The van der Waals surface area contributed by atoms with E-state index in [1.54, 1.807) is 0 Å². The van der Waals surface area contributed by atoms with Crippen LogP contribution in [-0.4, -0.2) is 64.4 Å². The number of rotatable bonds is 3. The third-order valence-electron chi connectivity index (χ3n) is 3.61. The number of nitrogens with zero attached hydrogens (tertiary/aromatic N) is 3. The van der Waals surface area contributed by atoms with Gasteiger partial charge in [-0.05, 0) is 27.4 Å². The van der Waals surface area contributed by atoms with E-state index in [1.807, 2.05) is 21.0 Å². The van der Waals surface area contributed by atoms with Crippen molar-refractivity contribution in [3.63, 3.8) is 0 Å². The van der Waals surface area contributed by atoms with Crippen LogP contribution in [-0.2, 0) is 6.54 Å². The molecule has 0 amide bonds. The smallest absolute Gasteiger partial charge is 0.0951 e. The number of nitrogens with one attached hydrogen (secondary N) is 1. The van der Waals surface area contributed by atoms with Gasteiger partial charge in [0, 0.05) is 25.7 Å². The fourth-order valence-corrected chi connectivity index (χ4v) is 2.66. The minimum Gasteiger partial charge on any atom is -0.390 e. The molecular weight excluding hydrogens is 252 g/mol. The van der Waals surface area contributed by atoms with Gasteiger partial charge in [0.15, 0.2) is 0 Å². The molecule has 1 aliphatic heterocycles. The first-order valence-electron chi connectivity index (χ1n) is 6.25. The molecule has 0 aliphatic carbocycles. The number of β-amino-alcohol motifs (C(OH)–C–C–N with tert-alkyl or cyclic N) is 1. The average Bonchev–Trinajstić information content (AvgIpc) is 2.61. The Labute approximate surface area is 113 Å². The fraction of sp³-hybridized carbons (Fsp3) is 0.750. The van der Waals surface area contributed by atoms with Gasteiger partial charge < -0.3 is 10.0 Å². The molecule has 0 spiro atoms. The van der Waals surface area contributed by atoms with Crippen molar-refractivity contribution in [2.45, 2.75) is 32.0 Å². The molecule has 18 heavy (non-hydrogen) atoms. The number of H-pyrrole nitrogens is 1. The minimum atomic E-state index is -0.312. The van der Waals surface area contributed by atoms with Crippen LogP contribution in [0.5, 0.6) is 0 Å². The molecule has 2 N–H and O–H groups in total. The molecule has 0 saturated carbocycles. The van der Waals surface area contributed by atoms with Gasteiger partial charge in [0.25, 0.3) is 0 Å². The van der Waals surface area contributed by atoms with E-state index in [2.05, 4.69) is 20.0 Å². The van der Waals surface area contributed by atoms with Crippen LogP contribution in [0, 0.1) is 6.92 Å². The van der Waals surface area contributed by atoms with Crippen LogP contribution in [0.15, 0.2) is 0 Å². The van der Waals surface area contributed by atoms with Crippen molar-refractivity contribution >= 4 is 11.6 Å². The summed E-state index contributed by atoms with van der Waals surface area (Å²) < 4.78 is 0. The molecule has 0 radical (unpaired) electrons. The molecule has 0 aromatic carbocycles. The number of aliphatic hydroxyl groups excluding tert-OH is 1. The van der Waals surface area contributed by atoms with Crippen molar-refractivity contribution in [3.05, 3.63) is 16.4 Å². The van der Waals surface area contributed by atoms with Crippen LogP contribution >= 0.6 is 11.6 Å². The number of aryl methyl sites for hydroxylation is 1. The lowest BCUT2D eigenvalue weighted by Gasteiger charge is -2.38. The molecule has 1 fully saturated rings. The van der Waals surface area contributed by atoms with Crippen LogP contribution in [0.3, 0.4) is 0 Å². The summed E-state index contributed by atoms with van der Waals surface area (Å²) in [6, 6.07) is 0.248. The maximum atomic E-state index is 10.1. The highest BCUT2D eigenvalue weighted by atomic mass is 35.5. The summed E-state index contributed by atoms with van der Waals surface area (Å²) in [6.07, 6.45) is 0.655. The van der Waals surface area contributed by atoms with Crippen molar-refractivity contribution < 1.29 is 5.11 Å². The van der Waals surface area contributed by atoms with Gasteiger partial charge in [-0.2, -0.15) is 5.10 Å². The van der Waals surface area contributed by atoms with Gasteiger partial charge in [0.05, 0.1) is 22.5 Å². The highest BCUT2D eigenvalue weighted by Gasteiger charge is 2.29. The predicted octanol–water partition coefficient (Wildman–Crippen LogP) is 0.868. The van der Waals surface area contributed by atoms with Gasteiger partial charge in [-0.1, -0.05) is 11.6 Å². The first kappa shape index (κ1) is 13.8. The Bertz CT molecular complexity index is 407. The second-order valence-electron chi connectivity index (χ2n) is 5.23. The van der Waals surface area contributed by atoms with Gasteiger partial charge in [0.2, 0.25) is 0 Å². The minimum absolute atomic E-state index is 0.248. The van der Waals surface area contributed by atoms with Crippen LogP contribution in [0.25, 0.3) is 0 Å². The Balaban J connectivity index is 1.95. The molecule has 2 rings (SSSR count). The number of likely N-dealkylation sites (tertiary alicyclic amines) is 1. The maximum Gasteiger partial charge on any atom is 0.0951 e. The zero-order valence-corrected chi connectivity index (χ0v) is 11.9. The quantitative estimate of drug-likeness (QED) is 0.857. The lowest BCUT2D eigenvalue weighted by atomic mass is 10.0. The van der Waals surface area contributed by atoms with E-state index in [1.165, 1.54) is 0 Å². The van der Waals surface area contributed by atoms with Crippen LogP contribution in [0.1, 0.15) is 17.8 Å². The highest BCUT2D eigenvalue weighted by Crippen LogP contribution is 2.21. The summed E-state index contributed by atoms with van der Waals surface area (Å²) in [5, 5.41) is 17.9. The SMILES string of the molecule is Cc1[nH]nc(CN2CC[C@H](N(C)C)[C@@H](O)C2)c1Cl. The van der Waals surface area contributed by atoms with E-state index in [0.717, 1.165) is 24.4 Å². The first-order valence-corrected chi connectivity index (χ1v) is 6.63. The number of piperidine rings is 1. The van der Waals surface area contributed by atoms with E-state index < -0.39 is 0 Å². The predicted molar refractivity (Wildman–Crippen MR) is 71.7 cm³/mol. The summed E-state index contributed by atoms with van der Waals surface area (Å²) in [5.74, 6) is 0. The first-order chi connectivity index (χ1) is 8.49. The number of aromatic nitrogens is 2. The molecule has 102 valence electrons. The second-order valence-corrected chi connectivity index (χ2v) is 5.61. The standard InChI is InChI=1S/C12H21ClN4O/c1-8-12(13)9(15-14-8)6-17-5-4-10(16(2)3)11(18)7-17/h10-11,18H,4-7H2,1-3H3,(H,14,15)/t10-,11-/m0/s1. The van der Waals surface area contributed by atoms with Crippen molar-refractivity contribution in [1.29, 1.82) is 0 Å². The topological polar surface area (TPSA) is 55.4 Å². The highest BCUT2D eigenvalue weighted by molar-refractivity contribution is 6.31. The van der Waals surface area contributed by atoms with Crippen LogP contribution in [0.4, 0.5) is 0 Å². The normalized spacial score (nSPS) is 25.9. The summed E-state index contributed by atoms with van der Waals surface area (Å²) in [6.45, 7) is 4.24. The number of halogens is 1. The second kappa shape index (κ2) is 5.57. The lowest BCUT2D eigenvalue weighted by Crippen LogP contribution is -2.51. The zero-order valence-electron chi connectivity index (χ0n) is 11.1. The monoisotopic (exact) mass is 272 g/mol. The molecule has 1 aromatic heterocycles. The Morgan fingerprint density at radius 1 is 1.56 bits per heavy atom. The Hall–Kier alpha value is -0.620. The molecular formula is C12H21ClN4O. The van der Waals surface area contributed by atoms with Crippen molar-refractivity contribution in [3.8, 4) is 0 Å². The number of likely N-dealkylation sites (N-methyl/N-ethyl adjacent to an activating group) is 1. The number of hydrogen-bond donors (Lipinski definition) is 2. The third kappa shape index (κ3) is 2.85. The summed E-state index contributed by atoms with van der Waals surface area (Å²) in [5.41, 5.74) is 1.76. The largest absolute Gasteiger partial charge is 0.390 e. The van der Waals surface area contributed by atoms with Gasteiger partial charge in [-0.15, -0.1) is 0 Å². The molecule has 0 unspecified atom stereocenters. The van der Waals surface area contributed by atoms with Gasteiger partial charge in [-0.3, -0.25) is 10.00 Å². The molecule has 0 bridgehead atoms. The molecule has 2 heterocycles. The molecule has 1 aromatic rings. The van der Waals surface area contributed by atoms with Crippen LogP contribution < -0.4 is 0 Å². The van der Waals surface area contributed by atoms with E-state index in [9.17, 15) is 5.11 Å². The summed E-state index contributed by atoms with van der Waals surface area (Å²) in [4.78, 5) is 4.29. The number of aromatic amines is 1. The Morgan fingerprint density at radius 2 is 2.28 bits per heavy atom. The summed E-state index contributed by atoms with van der Waals surface area (Å²) >= 11 is 6.15. The third-order valence-corrected chi connectivity index (χ3v) is 4.11. The van der Waals surface area contributed by atoms with Gasteiger partial charge in [0.1, 0.15) is 0 Å². The van der Waals surface area contributed by atoms with E-state index in [0.29, 0.717) is 18.1 Å². The van der Waals surface area contributed by atoms with E-state index >= 15 is 0 Å². The Morgan fingerprint density at radius 3 is 2.78 bits per heavy atom. The zero-order chi connectivity index (χ0) is 13.3. The molecule has 1 saturated heterocycles. The van der Waals surface area contributed by atoms with Crippen LogP contribution in [0.2, 0.25) is 5.02 Å². The van der Waals surface area contributed by atoms with Crippen molar-refractivity contribution in [1.82, 2.24) is 20.0 Å². The number of hydrogen-bond acceptors (Lipinski definition) is 4. The number of aliphatic hydroxyl groups is 1. The van der Waals surface area contributed by atoms with Gasteiger partial charge in [-0.25, -0.2) is 0 Å². The molecule has 1 aliphatic rings. The molecule has 2 atom stereocenters. The summed E-state index contributed by atoms with van der Waals surface area (Å²) in [7, 11) is 4.02.